The maximum absolute atomic E-state index is 12.1. The summed E-state index contributed by atoms with van der Waals surface area (Å²) < 4.78 is 5.38. The lowest BCUT2D eigenvalue weighted by molar-refractivity contribution is -0.0942. The Hall–Kier alpha value is -1.37. The Morgan fingerprint density at radius 2 is 2.10 bits per heavy atom. The zero-order chi connectivity index (χ0) is 16.2. The molecule has 8 nitrogen and oxygen atoms in total. The van der Waals surface area contributed by atoms with Crippen molar-refractivity contribution in [1.82, 2.24) is 10.2 Å². The molecule has 120 valence electrons. The topological polar surface area (TPSA) is 128 Å². The van der Waals surface area contributed by atoms with Gasteiger partial charge in [-0.05, 0) is 13.8 Å². The fraction of sp³-hybridized carbons (Fsp3) is 0.769. The number of nitrogens with two attached hydrogens (primary N) is 1. The van der Waals surface area contributed by atoms with Gasteiger partial charge in [-0.3, -0.25) is 4.90 Å². The first kappa shape index (κ1) is 17.7. The maximum atomic E-state index is 12.1. The first-order valence-corrected chi connectivity index (χ1v) is 6.72. The Bertz CT molecular complexity index is 396. The van der Waals surface area contributed by atoms with Crippen LogP contribution in [0.3, 0.4) is 0 Å². The van der Waals surface area contributed by atoms with Gasteiger partial charge in [-0.1, -0.05) is 5.92 Å². The van der Waals surface area contributed by atoms with Gasteiger partial charge in [0.1, 0.15) is 18.3 Å². The molecule has 0 aliphatic carbocycles. The van der Waals surface area contributed by atoms with Gasteiger partial charge in [-0.25, -0.2) is 4.79 Å². The molecule has 1 aliphatic heterocycles. The van der Waals surface area contributed by atoms with Crippen LogP contribution in [0.2, 0.25) is 0 Å². The predicted molar refractivity (Wildman–Crippen MR) is 74.9 cm³/mol. The number of hydrogen-bond donors (Lipinski definition) is 5. The van der Waals surface area contributed by atoms with Gasteiger partial charge < -0.3 is 31.1 Å². The summed E-state index contributed by atoms with van der Waals surface area (Å²) in [5, 5.41) is 31.9. The Morgan fingerprint density at radius 1 is 1.48 bits per heavy atom. The molecule has 8 heteroatoms. The maximum Gasteiger partial charge on any atom is 0.320 e. The van der Waals surface area contributed by atoms with Gasteiger partial charge in [0, 0.05) is 12.6 Å². The summed E-state index contributed by atoms with van der Waals surface area (Å²) in [5.74, 6) is 2.29. The van der Waals surface area contributed by atoms with E-state index < -0.39 is 36.7 Å². The number of aliphatic hydroxyl groups is 3. The van der Waals surface area contributed by atoms with Crippen LogP contribution in [0, 0.1) is 12.3 Å². The third kappa shape index (κ3) is 4.30. The van der Waals surface area contributed by atoms with Crippen LogP contribution in [-0.4, -0.2) is 76.0 Å². The minimum absolute atomic E-state index is 0.119. The largest absolute Gasteiger partial charge is 0.391 e. The molecule has 1 heterocycles. The normalized spacial score (nSPS) is 31.3. The van der Waals surface area contributed by atoms with Gasteiger partial charge in [0.25, 0.3) is 0 Å². The molecule has 6 unspecified atom stereocenters. The number of amides is 2. The summed E-state index contributed by atoms with van der Waals surface area (Å²) in [4.78, 5) is 13.2. The third-order valence-corrected chi connectivity index (χ3v) is 3.16. The third-order valence-electron chi connectivity index (χ3n) is 3.16. The van der Waals surface area contributed by atoms with E-state index in [-0.39, 0.29) is 19.1 Å². The van der Waals surface area contributed by atoms with Gasteiger partial charge in [-0.15, -0.1) is 6.42 Å². The molecule has 0 bridgehead atoms. The number of rotatable bonds is 5. The number of aliphatic hydroxyl groups excluding tert-OH is 3. The Morgan fingerprint density at radius 3 is 2.52 bits per heavy atom. The quantitative estimate of drug-likeness (QED) is 0.367. The van der Waals surface area contributed by atoms with Crippen LogP contribution in [0.15, 0.2) is 0 Å². The van der Waals surface area contributed by atoms with E-state index in [0.29, 0.717) is 0 Å². The van der Waals surface area contributed by atoms with Gasteiger partial charge in [0.2, 0.25) is 0 Å². The van der Waals surface area contributed by atoms with Crippen LogP contribution >= 0.6 is 0 Å². The lowest BCUT2D eigenvalue weighted by atomic mass is 10.1. The van der Waals surface area contributed by atoms with Gasteiger partial charge in [-0.2, -0.15) is 0 Å². The molecule has 0 radical (unpaired) electrons. The van der Waals surface area contributed by atoms with Crippen molar-refractivity contribution in [2.75, 3.05) is 13.1 Å². The molecule has 0 aromatic carbocycles. The molecule has 1 fully saturated rings. The van der Waals surface area contributed by atoms with E-state index in [1.165, 1.54) is 6.92 Å². The molecule has 6 atom stereocenters. The summed E-state index contributed by atoms with van der Waals surface area (Å²) in [5.41, 5.74) is 5.55. The van der Waals surface area contributed by atoms with E-state index in [2.05, 4.69) is 11.2 Å². The van der Waals surface area contributed by atoms with Crippen molar-refractivity contribution in [3.05, 3.63) is 0 Å². The molecular formula is C13H23N3O5. The van der Waals surface area contributed by atoms with Gasteiger partial charge in [0.05, 0.1) is 12.6 Å². The number of carbonyl (C=O) groups excluding carboxylic acids is 1. The molecule has 21 heavy (non-hydrogen) atoms. The average molecular weight is 301 g/mol. The average Bonchev–Trinajstić information content (AvgIpc) is 2.70. The van der Waals surface area contributed by atoms with Crippen LogP contribution in [0.1, 0.15) is 13.8 Å². The van der Waals surface area contributed by atoms with Crippen molar-refractivity contribution in [2.45, 2.75) is 50.5 Å². The first-order valence-electron chi connectivity index (χ1n) is 6.72. The van der Waals surface area contributed by atoms with E-state index in [0.717, 1.165) is 4.90 Å². The van der Waals surface area contributed by atoms with E-state index in [4.69, 9.17) is 16.9 Å². The fourth-order valence-corrected chi connectivity index (χ4v) is 2.07. The van der Waals surface area contributed by atoms with Crippen molar-refractivity contribution in [2.24, 2.45) is 5.73 Å². The zero-order valence-corrected chi connectivity index (χ0v) is 12.1. The molecule has 0 saturated carbocycles. The van der Waals surface area contributed by atoms with E-state index in [1.807, 2.05) is 0 Å². The summed E-state index contributed by atoms with van der Waals surface area (Å²) in [6.07, 6.45) is -0.581. The number of nitrogens with one attached hydrogen (secondary N) is 1. The SMILES string of the molecule is C#CCN(C(=O)NCC(C)N)C1OC(C(C)O)C(O)C1O. The lowest BCUT2D eigenvalue weighted by Crippen LogP contribution is -2.52. The summed E-state index contributed by atoms with van der Waals surface area (Å²) in [6, 6.07) is -0.806. The molecule has 1 saturated heterocycles. The number of hydrogen-bond acceptors (Lipinski definition) is 6. The minimum atomic E-state index is -1.36. The fourth-order valence-electron chi connectivity index (χ4n) is 2.07. The molecule has 2 amide bonds. The van der Waals surface area contributed by atoms with Crippen LogP contribution < -0.4 is 11.1 Å². The number of urea groups is 1. The number of carbonyl (C=O) groups is 1. The lowest BCUT2D eigenvalue weighted by Gasteiger charge is -2.29. The zero-order valence-electron chi connectivity index (χ0n) is 12.1. The molecule has 1 rings (SSSR count). The second kappa shape index (κ2) is 7.59. The van der Waals surface area contributed by atoms with Crippen LogP contribution in [0.4, 0.5) is 4.79 Å². The van der Waals surface area contributed by atoms with Crippen molar-refractivity contribution in [3.63, 3.8) is 0 Å². The highest BCUT2D eigenvalue weighted by atomic mass is 16.6. The summed E-state index contributed by atoms with van der Waals surface area (Å²) in [7, 11) is 0. The number of nitrogens with zero attached hydrogens (tertiary/aromatic N) is 1. The highest BCUT2D eigenvalue weighted by molar-refractivity contribution is 5.74. The Labute approximate surface area is 123 Å². The van der Waals surface area contributed by atoms with Crippen LogP contribution in [0.25, 0.3) is 0 Å². The van der Waals surface area contributed by atoms with Gasteiger partial charge in [0.15, 0.2) is 6.23 Å². The summed E-state index contributed by atoms with van der Waals surface area (Å²) in [6.45, 7) is 3.25. The smallest absolute Gasteiger partial charge is 0.320 e. The molecule has 6 N–H and O–H groups in total. The minimum Gasteiger partial charge on any atom is -0.391 e. The Balaban J connectivity index is 2.81. The monoisotopic (exact) mass is 301 g/mol. The van der Waals surface area contributed by atoms with E-state index in [9.17, 15) is 20.1 Å². The van der Waals surface area contributed by atoms with E-state index >= 15 is 0 Å². The highest BCUT2D eigenvalue weighted by Gasteiger charge is 2.48. The molecular weight excluding hydrogens is 278 g/mol. The van der Waals surface area contributed by atoms with Crippen molar-refractivity contribution in [1.29, 1.82) is 0 Å². The van der Waals surface area contributed by atoms with Crippen LogP contribution in [-0.2, 0) is 4.74 Å². The second-order valence-electron chi connectivity index (χ2n) is 5.21. The summed E-state index contributed by atoms with van der Waals surface area (Å²) >= 11 is 0. The highest BCUT2D eigenvalue weighted by Crippen LogP contribution is 2.26. The van der Waals surface area contributed by atoms with E-state index in [1.54, 1.807) is 6.92 Å². The van der Waals surface area contributed by atoms with Crippen molar-refractivity contribution in [3.8, 4) is 12.3 Å². The van der Waals surface area contributed by atoms with Crippen molar-refractivity contribution >= 4 is 6.03 Å². The molecule has 0 aromatic rings. The standard InChI is InChI=1S/C13H23N3O5/c1-4-5-16(13(20)15-6-7(2)14)12-10(19)9(18)11(21-12)8(3)17/h1,7-12,17-19H,5-6,14H2,2-3H3,(H,15,20). The molecule has 1 aliphatic rings. The number of terminal acetylenes is 1. The van der Waals surface area contributed by atoms with Crippen molar-refractivity contribution < 1.29 is 24.9 Å². The van der Waals surface area contributed by atoms with Gasteiger partial charge >= 0.3 is 6.03 Å². The number of ether oxygens (including phenoxy) is 1. The Kier molecular flexibility index (Phi) is 6.39. The van der Waals surface area contributed by atoms with Crippen LogP contribution in [0.5, 0.6) is 0 Å². The predicted octanol–water partition coefficient (Wildman–Crippen LogP) is -2.19. The molecule has 0 spiro atoms. The molecule has 0 aromatic heterocycles. The first-order chi connectivity index (χ1) is 9.79. The second-order valence-corrected chi connectivity index (χ2v) is 5.21.